The number of nitrogens with two attached hydrogens (primary N) is 1. The number of aromatic nitrogens is 2. The third kappa shape index (κ3) is 2.70. The number of hydrogen-bond donors (Lipinski definition) is 1. The molecule has 0 bridgehead atoms. The SMILES string of the molecule is CCOC(C)c1nc(C)c2c(n1)CCC(CN)C2. The Hall–Kier alpha value is -1.00. The van der Waals surface area contributed by atoms with Gasteiger partial charge in [0.1, 0.15) is 6.10 Å². The number of fused-ring (bicyclic) bond motifs is 1. The summed E-state index contributed by atoms with van der Waals surface area (Å²) in [5.74, 6) is 1.41. The fourth-order valence-electron chi connectivity index (χ4n) is 2.59. The molecular formula is C14H23N3O. The van der Waals surface area contributed by atoms with E-state index in [1.54, 1.807) is 0 Å². The first-order valence-corrected chi connectivity index (χ1v) is 6.83. The number of ether oxygens (including phenoxy) is 1. The minimum Gasteiger partial charge on any atom is -0.371 e. The van der Waals surface area contributed by atoms with Gasteiger partial charge in [-0.25, -0.2) is 9.97 Å². The second-order valence-electron chi connectivity index (χ2n) is 5.03. The molecule has 100 valence electrons. The smallest absolute Gasteiger partial charge is 0.157 e. The molecule has 2 N–H and O–H groups in total. The van der Waals surface area contributed by atoms with Crippen LogP contribution in [-0.2, 0) is 17.6 Å². The Balaban J connectivity index is 2.27. The molecule has 2 atom stereocenters. The summed E-state index contributed by atoms with van der Waals surface area (Å²) in [6.45, 7) is 7.53. The van der Waals surface area contributed by atoms with E-state index in [1.165, 1.54) is 11.3 Å². The number of aryl methyl sites for hydroxylation is 2. The molecule has 1 heterocycles. The topological polar surface area (TPSA) is 61.0 Å². The molecule has 4 nitrogen and oxygen atoms in total. The van der Waals surface area contributed by atoms with Crippen molar-refractivity contribution in [3.8, 4) is 0 Å². The van der Waals surface area contributed by atoms with Gasteiger partial charge in [0.2, 0.25) is 0 Å². The first kappa shape index (κ1) is 13.4. The lowest BCUT2D eigenvalue weighted by atomic mass is 9.86. The maximum Gasteiger partial charge on any atom is 0.157 e. The van der Waals surface area contributed by atoms with Crippen molar-refractivity contribution in [3.05, 3.63) is 22.8 Å². The first-order valence-electron chi connectivity index (χ1n) is 6.83. The summed E-state index contributed by atoms with van der Waals surface area (Å²) in [5.41, 5.74) is 9.38. The molecular weight excluding hydrogens is 226 g/mol. The van der Waals surface area contributed by atoms with Crippen molar-refractivity contribution < 1.29 is 4.74 Å². The zero-order valence-corrected chi connectivity index (χ0v) is 11.6. The summed E-state index contributed by atoms with van der Waals surface area (Å²) >= 11 is 0. The predicted molar refractivity (Wildman–Crippen MR) is 71.4 cm³/mol. The van der Waals surface area contributed by atoms with Gasteiger partial charge in [0, 0.05) is 18.0 Å². The number of hydrogen-bond acceptors (Lipinski definition) is 4. The molecule has 1 aromatic rings. The van der Waals surface area contributed by atoms with Gasteiger partial charge < -0.3 is 10.5 Å². The molecule has 0 amide bonds. The third-order valence-electron chi connectivity index (χ3n) is 3.71. The zero-order valence-electron chi connectivity index (χ0n) is 11.6. The highest BCUT2D eigenvalue weighted by Gasteiger charge is 2.23. The average molecular weight is 249 g/mol. The van der Waals surface area contributed by atoms with Crippen LogP contribution in [0.4, 0.5) is 0 Å². The van der Waals surface area contributed by atoms with Crippen LogP contribution in [0.3, 0.4) is 0 Å². The van der Waals surface area contributed by atoms with Crippen molar-refractivity contribution in [2.24, 2.45) is 11.7 Å². The van der Waals surface area contributed by atoms with Crippen LogP contribution < -0.4 is 5.73 Å². The van der Waals surface area contributed by atoms with Crippen LogP contribution in [0, 0.1) is 12.8 Å². The van der Waals surface area contributed by atoms with E-state index in [-0.39, 0.29) is 6.10 Å². The molecule has 1 aliphatic rings. The van der Waals surface area contributed by atoms with Crippen LogP contribution in [0.25, 0.3) is 0 Å². The highest BCUT2D eigenvalue weighted by Crippen LogP contribution is 2.27. The fourth-order valence-corrected chi connectivity index (χ4v) is 2.59. The van der Waals surface area contributed by atoms with E-state index in [0.717, 1.165) is 37.3 Å². The maximum absolute atomic E-state index is 5.77. The summed E-state index contributed by atoms with van der Waals surface area (Å²) < 4.78 is 5.57. The lowest BCUT2D eigenvalue weighted by Gasteiger charge is -2.25. The minimum absolute atomic E-state index is 0.0220. The summed E-state index contributed by atoms with van der Waals surface area (Å²) in [4.78, 5) is 9.28. The Bertz CT molecular complexity index is 420. The molecule has 2 unspecified atom stereocenters. The van der Waals surface area contributed by atoms with Gasteiger partial charge in [-0.1, -0.05) is 0 Å². The van der Waals surface area contributed by atoms with Crippen LogP contribution in [-0.4, -0.2) is 23.1 Å². The van der Waals surface area contributed by atoms with Gasteiger partial charge in [0.25, 0.3) is 0 Å². The van der Waals surface area contributed by atoms with Crippen LogP contribution >= 0.6 is 0 Å². The molecule has 0 fully saturated rings. The Morgan fingerprint density at radius 3 is 2.89 bits per heavy atom. The average Bonchev–Trinajstić information content (AvgIpc) is 2.38. The fraction of sp³-hybridized carbons (Fsp3) is 0.714. The van der Waals surface area contributed by atoms with Crippen molar-refractivity contribution in [1.29, 1.82) is 0 Å². The lowest BCUT2D eigenvalue weighted by molar-refractivity contribution is 0.0696. The van der Waals surface area contributed by atoms with E-state index in [0.29, 0.717) is 12.5 Å². The summed E-state index contributed by atoms with van der Waals surface area (Å²) in [6.07, 6.45) is 3.17. The molecule has 0 saturated carbocycles. The highest BCUT2D eigenvalue weighted by atomic mass is 16.5. The van der Waals surface area contributed by atoms with Crippen LogP contribution in [0.2, 0.25) is 0 Å². The van der Waals surface area contributed by atoms with E-state index in [9.17, 15) is 0 Å². The Kier molecular flexibility index (Phi) is 4.30. The molecule has 0 spiro atoms. The maximum atomic E-state index is 5.77. The Morgan fingerprint density at radius 1 is 1.44 bits per heavy atom. The quantitative estimate of drug-likeness (QED) is 0.886. The molecule has 2 rings (SSSR count). The Morgan fingerprint density at radius 2 is 2.22 bits per heavy atom. The van der Waals surface area contributed by atoms with Gasteiger partial charge in [-0.15, -0.1) is 0 Å². The molecule has 4 heteroatoms. The van der Waals surface area contributed by atoms with Gasteiger partial charge >= 0.3 is 0 Å². The van der Waals surface area contributed by atoms with Gasteiger partial charge in [-0.05, 0) is 58.1 Å². The second kappa shape index (κ2) is 5.76. The van der Waals surface area contributed by atoms with Gasteiger partial charge in [0.05, 0.1) is 0 Å². The zero-order chi connectivity index (χ0) is 13.1. The van der Waals surface area contributed by atoms with Crippen LogP contribution in [0.15, 0.2) is 0 Å². The van der Waals surface area contributed by atoms with E-state index in [2.05, 4.69) is 16.9 Å². The molecule has 0 aromatic carbocycles. The molecule has 0 radical (unpaired) electrons. The van der Waals surface area contributed by atoms with E-state index < -0.39 is 0 Å². The largest absolute Gasteiger partial charge is 0.371 e. The first-order chi connectivity index (χ1) is 8.65. The highest BCUT2D eigenvalue weighted by molar-refractivity contribution is 5.28. The van der Waals surface area contributed by atoms with Crippen molar-refractivity contribution in [2.45, 2.75) is 46.1 Å². The van der Waals surface area contributed by atoms with E-state index in [4.69, 9.17) is 10.5 Å². The van der Waals surface area contributed by atoms with Crippen molar-refractivity contribution in [2.75, 3.05) is 13.2 Å². The third-order valence-corrected chi connectivity index (χ3v) is 3.71. The Labute approximate surface area is 109 Å². The molecule has 0 saturated heterocycles. The summed E-state index contributed by atoms with van der Waals surface area (Å²) in [5, 5.41) is 0. The van der Waals surface area contributed by atoms with Gasteiger partial charge in [0.15, 0.2) is 5.82 Å². The molecule has 18 heavy (non-hydrogen) atoms. The molecule has 1 aliphatic carbocycles. The summed E-state index contributed by atoms with van der Waals surface area (Å²) in [7, 11) is 0. The standard InChI is InChI=1S/C14H23N3O/c1-4-18-10(3)14-16-9(2)12-7-11(8-15)5-6-13(12)17-14/h10-11H,4-8,15H2,1-3H3. The normalized spacial score (nSPS) is 20.6. The van der Waals surface area contributed by atoms with Crippen molar-refractivity contribution in [1.82, 2.24) is 9.97 Å². The van der Waals surface area contributed by atoms with E-state index in [1.807, 2.05) is 13.8 Å². The van der Waals surface area contributed by atoms with Crippen LogP contribution in [0.1, 0.15) is 49.1 Å². The van der Waals surface area contributed by atoms with Gasteiger partial charge in [-0.2, -0.15) is 0 Å². The lowest BCUT2D eigenvalue weighted by Crippen LogP contribution is -2.25. The van der Waals surface area contributed by atoms with Crippen molar-refractivity contribution in [3.63, 3.8) is 0 Å². The summed E-state index contributed by atoms with van der Waals surface area (Å²) in [6, 6.07) is 0. The minimum atomic E-state index is -0.0220. The number of rotatable bonds is 4. The second-order valence-corrected chi connectivity index (χ2v) is 5.03. The monoisotopic (exact) mass is 249 g/mol. The van der Waals surface area contributed by atoms with E-state index >= 15 is 0 Å². The molecule has 1 aromatic heterocycles. The van der Waals surface area contributed by atoms with Crippen molar-refractivity contribution >= 4 is 0 Å². The number of nitrogens with zero attached hydrogens (tertiary/aromatic N) is 2. The van der Waals surface area contributed by atoms with Gasteiger partial charge in [-0.3, -0.25) is 0 Å². The molecule has 0 aliphatic heterocycles. The predicted octanol–water partition coefficient (Wildman–Crippen LogP) is 1.95. The van der Waals surface area contributed by atoms with Crippen LogP contribution in [0.5, 0.6) is 0 Å².